The highest BCUT2D eigenvalue weighted by molar-refractivity contribution is 5.79. The van der Waals surface area contributed by atoms with E-state index in [0.717, 1.165) is 37.6 Å². The van der Waals surface area contributed by atoms with Gasteiger partial charge in [-0.2, -0.15) is 5.10 Å². The van der Waals surface area contributed by atoms with Crippen LogP contribution < -0.4 is 15.4 Å². The number of rotatable bonds is 11. The zero-order valence-electron chi connectivity index (χ0n) is 15.5. The predicted octanol–water partition coefficient (Wildman–Crippen LogP) is 1.45. The Hall–Kier alpha value is -2.61. The minimum atomic E-state index is 0.494. The Balaban J connectivity index is 1.75. The molecule has 0 fully saturated rings. The van der Waals surface area contributed by atoms with Crippen LogP contribution in [0.4, 0.5) is 0 Å². The van der Waals surface area contributed by atoms with Crippen LogP contribution >= 0.6 is 0 Å². The average Bonchev–Trinajstić information content (AvgIpc) is 3.18. The van der Waals surface area contributed by atoms with E-state index in [0.29, 0.717) is 25.6 Å². The lowest BCUT2D eigenvalue weighted by molar-refractivity contribution is 0.143. The van der Waals surface area contributed by atoms with Gasteiger partial charge in [0, 0.05) is 51.4 Å². The third-order valence-corrected chi connectivity index (χ3v) is 3.51. The van der Waals surface area contributed by atoms with E-state index in [1.165, 1.54) is 0 Å². The van der Waals surface area contributed by atoms with Crippen LogP contribution in [0.5, 0.6) is 5.88 Å². The topological polar surface area (TPSA) is 85.6 Å². The Bertz CT molecular complexity index is 628. The third-order valence-electron chi connectivity index (χ3n) is 3.51. The molecule has 2 N–H and O–H groups in total. The van der Waals surface area contributed by atoms with Gasteiger partial charge in [0.15, 0.2) is 5.96 Å². The molecule has 0 atom stereocenters. The summed E-state index contributed by atoms with van der Waals surface area (Å²) < 4.78 is 12.3. The van der Waals surface area contributed by atoms with Crippen molar-refractivity contribution in [3.05, 3.63) is 42.4 Å². The van der Waals surface area contributed by atoms with Crippen LogP contribution in [0.2, 0.25) is 0 Å². The van der Waals surface area contributed by atoms with Gasteiger partial charge in [0.05, 0.1) is 13.2 Å². The van der Waals surface area contributed by atoms with Crippen LogP contribution in [0.3, 0.4) is 0 Å². The Morgan fingerprint density at radius 3 is 2.88 bits per heavy atom. The Labute approximate surface area is 154 Å². The van der Waals surface area contributed by atoms with Crippen molar-refractivity contribution in [2.45, 2.75) is 26.4 Å². The number of methoxy groups -OCH3 is 1. The molecule has 0 unspecified atom stereocenters. The molecule has 8 heteroatoms. The minimum absolute atomic E-state index is 0.494. The SMILES string of the molecule is CCNC(=NCc1ccc(OCCOC)nc1)NCCCn1cccn1. The van der Waals surface area contributed by atoms with Crippen molar-refractivity contribution in [1.82, 2.24) is 25.4 Å². The summed E-state index contributed by atoms with van der Waals surface area (Å²) in [6.07, 6.45) is 6.52. The van der Waals surface area contributed by atoms with Crippen LogP contribution in [0.25, 0.3) is 0 Å². The molecule has 0 aromatic carbocycles. The van der Waals surface area contributed by atoms with Crippen molar-refractivity contribution >= 4 is 5.96 Å². The molecule has 26 heavy (non-hydrogen) atoms. The van der Waals surface area contributed by atoms with Crippen molar-refractivity contribution in [1.29, 1.82) is 0 Å². The summed E-state index contributed by atoms with van der Waals surface area (Å²) in [4.78, 5) is 8.88. The monoisotopic (exact) mass is 360 g/mol. The molecule has 0 aliphatic rings. The number of guanidine groups is 1. The number of aryl methyl sites for hydroxylation is 1. The van der Waals surface area contributed by atoms with E-state index in [1.54, 1.807) is 19.5 Å². The maximum atomic E-state index is 5.46. The summed E-state index contributed by atoms with van der Waals surface area (Å²) >= 11 is 0. The van der Waals surface area contributed by atoms with Gasteiger partial charge >= 0.3 is 0 Å². The van der Waals surface area contributed by atoms with Crippen LogP contribution in [0, 0.1) is 0 Å². The van der Waals surface area contributed by atoms with E-state index in [9.17, 15) is 0 Å². The van der Waals surface area contributed by atoms with E-state index < -0.39 is 0 Å². The highest BCUT2D eigenvalue weighted by Gasteiger charge is 2.00. The Kier molecular flexibility index (Phi) is 8.99. The van der Waals surface area contributed by atoms with E-state index in [1.807, 2.05) is 29.1 Å². The molecule has 8 nitrogen and oxygen atoms in total. The summed E-state index contributed by atoms with van der Waals surface area (Å²) in [5, 5.41) is 10.8. The molecule has 142 valence electrons. The molecule has 0 spiro atoms. The number of ether oxygens (including phenoxy) is 2. The van der Waals surface area contributed by atoms with Crippen molar-refractivity contribution in [2.75, 3.05) is 33.4 Å². The van der Waals surface area contributed by atoms with Gasteiger partial charge < -0.3 is 20.1 Å². The number of nitrogens with one attached hydrogen (secondary N) is 2. The van der Waals surface area contributed by atoms with Crippen LogP contribution in [0.15, 0.2) is 41.8 Å². The quantitative estimate of drug-likeness (QED) is 0.358. The zero-order chi connectivity index (χ0) is 18.5. The second-order valence-corrected chi connectivity index (χ2v) is 5.59. The second kappa shape index (κ2) is 11.9. The van der Waals surface area contributed by atoms with E-state index in [-0.39, 0.29) is 0 Å². The summed E-state index contributed by atoms with van der Waals surface area (Å²) in [5.41, 5.74) is 1.03. The summed E-state index contributed by atoms with van der Waals surface area (Å²) in [7, 11) is 1.64. The Morgan fingerprint density at radius 1 is 1.27 bits per heavy atom. The van der Waals surface area contributed by atoms with Gasteiger partial charge in [0.2, 0.25) is 5.88 Å². The highest BCUT2D eigenvalue weighted by Crippen LogP contribution is 2.08. The molecule has 2 aromatic heterocycles. The fraction of sp³-hybridized carbons (Fsp3) is 0.500. The lowest BCUT2D eigenvalue weighted by atomic mass is 10.3. The number of aromatic nitrogens is 3. The number of pyridine rings is 1. The maximum Gasteiger partial charge on any atom is 0.213 e. The molecule has 0 saturated carbocycles. The van der Waals surface area contributed by atoms with Crippen molar-refractivity contribution in [3.8, 4) is 5.88 Å². The molecule has 0 amide bonds. The number of hydrogen-bond donors (Lipinski definition) is 2. The highest BCUT2D eigenvalue weighted by atomic mass is 16.5. The number of nitrogens with zero attached hydrogens (tertiary/aromatic N) is 4. The van der Waals surface area contributed by atoms with Crippen LogP contribution in [0.1, 0.15) is 18.9 Å². The van der Waals surface area contributed by atoms with E-state index >= 15 is 0 Å². The Morgan fingerprint density at radius 2 is 2.19 bits per heavy atom. The molecular formula is C18H28N6O2. The minimum Gasteiger partial charge on any atom is -0.475 e. The standard InChI is InChI=1S/C18H28N6O2/c1-3-19-18(20-8-4-10-24-11-5-9-23-24)22-15-16-6-7-17(21-14-16)26-13-12-25-2/h5-7,9,11,14H,3-4,8,10,12-13,15H2,1-2H3,(H2,19,20,22). The van der Waals surface area contributed by atoms with Gasteiger partial charge in [-0.15, -0.1) is 0 Å². The van der Waals surface area contributed by atoms with Gasteiger partial charge in [-0.1, -0.05) is 6.07 Å². The van der Waals surface area contributed by atoms with Crippen molar-refractivity contribution < 1.29 is 9.47 Å². The smallest absolute Gasteiger partial charge is 0.213 e. The normalized spacial score (nSPS) is 11.4. The first-order chi connectivity index (χ1) is 12.8. The number of hydrogen-bond acceptors (Lipinski definition) is 5. The average molecular weight is 360 g/mol. The lowest BCUT2D eigenvalue weighted by Crippen LogP contribution is -2.38. The zero-order valence-corrected chi connectivity index (χ0v) is 15.5. The lowest BCUT2D eigenvalue weighted by Gasteiger charge is -2.11. The van der Waals surface area contributed by atoms with E-state index in [2.05, 4.69) is 32.6 Å². The van der Waals surface area contributed by atoms with Gasteiger partial charge in [-0.25, -0.2) is 9.98 Å². The molecule has 0 bridgehead atoms. The predicted molar refractivity (Wildman–Crippen MR) is 101 cm³/mol. The molecular weight excluding hydrogens is 332 g/mol. The van der Waals surface area contributed by atoms with Crippen LogP contribution in [-0.2, 0) is 17.8 Å². The largest absolute Gasteiger partial charge is 0.475 e. The first-order valence-corrected chi connectivity index (χ1v) is 8.88. The van der Waals surface area contributed by atoms with Gasteiger partial charge in [0.25, 0.3) is 0 Å². The second-order valence-electron chi connectivity index (χ2n) is 5.59. The third kappa shape index (κ3) is 7.52. The van der Waals surface area contributed by atoms with Crippen LogP contribution in [-0.4, -0.2) is 54.1 Å². The van der Waals surface area contributed by atoms with Gasteiger partial charge in [0.1, 0.15) is 6.61 Å². The van der Waals surface area contributed by atoms with Crippen molar-refractivity contribution in [2.24, 2.45) is 4.99 Å². The molecule has 2 heterocycles. The van der Waals surface area contributed by atoms with Gasteiger partial charge in [-0.05, 0) is 25.0 Å². The number of aliphatic imine (C=N–C) groups is 1. The summed E-state index contributed by atoms with van der Waals surface area (Å²) in [6, 6.07) is 5.76. The summed E-state index contributed by atoms with van der Waals surface area (Å²) in [5.74, 6) is 1.40. The first-order valence-electron chi connectivity index (χ1n) is 8.88. The fourth-order valence-electron chi connectivity index (χ4n) is 2.21. The molecule has 0 aliphatic heterocycles. The fourth-order valence-corrected chi connectivity index (χ4v) is 2.21. The van der Waals surface area contributed by atoms with E-state index in [4.69, 9.17) is 9.47 Å². The molecule has 0 radical (unpaired) electrons. The van der Waals surface area contributed by atoms with Gasteiger partial charge in [-0.3, -0.25) is 4.68 Å². The maximum absolute atomic E-state index is 5.46. The molecule has 2 aromatic rings. The summed E-state index contributed by atoms with van der Waals surface area (Å²) in [6.45, 7) is 6.17. The molecule has 2 rings (SSSR count). The van der Waals surface area contributed by atoms with Crippen molar-refractivity contribution in [3.63, 3.8) is 0 Å². The first kappa shape index (κ1) is 19.7. The molecule has 0 saturated heterocycles. The molecule has 0 aliphatic carbocycles.